The highest BCUT2D eigenvalue weighted by atomic mass is 19.1. The van der Waals surface area contributed by atoms with Crippen molar-refractivity contribution in [3.05, 3.63) is 70.3 Å². The average Bonchev–Trinajstić information content (AvgIpc) is 2.59. The van der Waals surface area contributed by atoms with Crippen molar-refractivity contribution in [2.24, 2.45) is 5.92 Å². The summed E-state index contributed by atoms with van der Waals surface area (Å²) in [5, 5.41) is 9.40. The number of nitrogens with two attached hydrogens (primary N) is 1. The Morgan fingerprint density at radius 1 is 1.19 bits per heavy atom. The summed E-state index contributed by atoms with van der Waals surface area (Å²) >= 11 is 0. The predicted molar refractivity (Wildman–Crippen MR) is 106 cm³/mol. The second-order valence-electron chi connectivity index (χ2n) is 7.43. The third-order valence-electron chi connectivity index (χ3n) is 5.67. The highest BCUT2D eigenvalue weighted by Gasteiger charge is 2.19. The summed E-state index contributed by atoms with van der Waals surface area (Å²) in [6.07, 6.45) is 8.69. The van der Waals surface area contributed by atoms with Gasteiger partial charge in [-0.15, -0.1) is 0 Å². The number of hydrogen-bond donors (Lipinski definition) is 2. The molecule has 0 aliphatic heterocycles. The number of aryl methyl sites for hydroxylation is 1. The first kappa shape index (κ1) is 19.6. The van der Waals surface area contributed by atoms with E-state index in [4.69, 9.17) is 5.73 Å². The van der Waals surface area contributed by atoms with Gasteiger partial charge in [-0.2, -0.15) is 0 Å². The maximum atomic E-state index is 15.2. The highest BCUT2D eigenvalue weighted by Crippen LogP contribution is 2.34. The van der Waals surface area contributed by atoms with E-state index in [1.54, 1.807) is 13.0 Å². The lowest BCUT2D eigenvalue weighted by atomic mass is 9.81. The Bertz CT molecular complexity index is 841. The van der Waals surface area contributed by atoms with Gasteiger partial charge in [0.25, 0.3) is 0 Å². The Morgan fingerprint density at radius 2 is 1.93 bits per heavy atom. The van der Waals surface area contributed by atoms with Crippen molar-refractivity contribution in [1.82, 2.24) is 0 Å². The van der Waals surface area contributed by atoms with Crippen LogP contribution in [0.25, 0.3) is 5.57 Å². The number of aliphatic hydroxyl groups is 1. The molecular formula is C23H27F2NO. The quantitative estimate of drug-likeness (QED) is 0.640. The van der Waals surface area contributed by atoms with Gasteiger partial charge in [-0.1, -0.05) is 43.9 Å². The summed E-state index contributed by atoms with van der Waals surface area (Å²) in [4.78, 5) is 0. The van der Waals surface area contributed by atoms with E-state index in [9.17, 15) is 9.50 Å². The molecule has 2 nitrogen and oxygen atoms in total. The van der Waals surface area contributed by atoms with E-state index in [1.165, 1.54) is 50.0 Å². The van der Waals surface area contributed by atoms with Crippen LogP contribution in [0.4, 0.5) is 14.5 Å². The van der Waals surface area contributed by atoms with Crippen molar-refractivity contribution in [3.63, 3.8) is 0 Å². The number of nitrogen functional groups attached to an aromatic ring is 1. The van der Waals surface area contributed by atoms with Crippen molar-refractivity contribution in [2.45, 2.75) is 45.4 Å². The molecule has 0 heterocycles. The first-order chi connectivity index (χ1) is 13.0. The van der Waals surface area contributed by atoms with E-state index in [2.05, 4.69) is 0 Å². The van der Waals surface area contributed by atoms with E-state index in [1.807, 2.05) is 6.07 Å². The van der Waals surface area contributed by atoms with Gasteiger partial charge < -0.3 is 10.8 Å². The van der Waals surface area contributed by atoms with Gasteiger partial charge in [-0.3, -0.25) is 0 Å². The number of rotatable bonds is 7. The van der Waals surface area contributed by atoms with Gasteiger partial charge >= 0.3 is 0 Å². The standard InChI is InChI=1S/C23H27F2NO/c1-15-17(7-3-6-16-4-2-5-16)8-10-21(23(15)25)19(12-13-27)20-11-9-18(24)14-22(20)26/h8-12,14,16,27H,2-7,13,26H2,1H3/b19-12-. The first-order valence-electron chi connectivity index (χ1n) is 9.66. The molecule has 0 amide bonds. The number of benzene rings is 2. The largest absolute Gasteiger partial charge is 0.398 e. The minimum atomic E-state index is -0.446. The lowest BCUT2D eigenvalue weighted by molar-refractivity contribution is 0.290. The van der Waals surface area contributed by atoms with Crippen LogP contribution < -0.4 is 5.73 Å². The average molecular weight is 371 g/mol. The van der Waals surface area contributed by atoms with Crippen LogP contribution in [0.15, 0.2) is 36.4 Å². The number of aliphatic hydroxyl groups excluding tert-OH is 1. The van der Waals surface area contributed by atoms with Crippen LogP contribution in [0.3, 0.4) is 0 Å². The molecule has 27 heavy (non-hydrogen) atoms. The molecule has 3 N–H and O–H groups in total. The maximum absolute atomic E-state index is 15.2. The van der Waals surface area contributed by atoms with Crippen molar-refractivity contribution < 1.29 is 13.9 Å². The molecule has 4 heteroatoms. The zero-order valence-corrected chi connectivity index (χ0v) is 15.8. The zero-order chi connectivity index (χ0) is 19.4. The van der Waals surface area contributed by atoms with E-state index in [0.29, 0.717) is 22.3 Å². The monoisotopic (exact) mass is 371 g/mol. The van der Waals surface area contributed by atoms with Crippen molar-refractivity contribution in [1.29, 1.82) is 0 Å². The van der Waals surface area contributed by atoms with Crippen LogP contribution in [-0.2, 0) is 6.42 Å². The fourth-order valence-electron chi connectivity index (χ4n) is 3.80. The normalized spacial score (nSPS) is 15.0. The molecule has 2 aromatic rings. The molecule has 0 radical (unpaired) electrons. The number of hydrogen-bond acceptors (Lipinski definition) is 2. The van der Waals surface area contributed by atoms with E-state index in [-0.39, 0.29) is 18.1 Å². The minimum absolute atomic E-state index is 0.219. The molecule has 1 aliphatic rings. The summed E-state index contributed by atoms with van der Waals surface area (Å²) in [5.41, 5.74) is 9.18. The molecule has 1 fully saturated rings. The summed E-state index contributed by atoms with van der Waals surface area (Å²) < 4.78 is 28.5. The second-order valence-corrected chi connectivity index (χ2v) is 7.43. The van der Waals surface area contributed by atoms with E-state index < -0.39 is 5.82 Å². The molecular weight excluding hydrogens is 344 g/mol. The van der Waals surface area contributed by atoms with Gasteiger partial charge in [-0.25, -0.2) is 8.78 Å². The molecule has 0 saturated heterocycles. The Labute approximate surface area is 159 Å². The first-order valence-corrected chi connectivity index (χ1v) is 9.66. The fraction of sp³-hybridized carbons (Fsp3) is 0.391. The molecule has 1 saturated carbocycles. The van der Waals surface area contributed by atoms with Crippen molar-refractivity contribution in [2.75, 3.05) is 12.3 Å². The van der Waals surface area contributed by atoms with Gasteiger partial charge in [0, 0.05) is 16.8 Å². The fourth-order valence-corrected chi connectivity index (χ4v) is 3.80. The lowest BCUT2D eigenvalue weighted by Gasteiger charge is -2.25. The third kappa shape index (κ3) is 4.38. The zero-order valence-electron chi connectivity index (χ0n) is 15.8. The summed E-state index contributed by atoms with van der Waals surface area (Å²) in [6.45, 7) is 1.54. The predicted octanol–water partition coefficient (Wildman–Crippen LogP) is 5.40. The smallest absolute Gasteiger partial charge is 0.134 e. The van der Waals surface area contributed by atoms with E-state index >= 15 is 4.39 Å². The Hall–Kier alpha value is -2.20. The van der Waals surface area contributed by atoms with Gasteiger partial charge in [0.2, 0.25) is 0 Å². The Morgan fingerprint density at radius 3 is 2.56 bits per heavy atom. The second kappa shape index (κ2) is 8.66. The summed E-state index contributed by atoms with van der Waals surface area (Å²) in [6, 6.07) is 7.72. The van der Waals surface area contributed by atoms with E-state index in [0.717, 1.165) is 24.3 Å². The van der Waals surface area contributed by atoms with Crippen LogP contribution in [0, 0.1) is 24.5 Å². The molecule has 0 unspecified atom stereocenters. The van der Waals surface area contributed by atoms with Crippen LogP contribution in [-0.4, -0.2) is 11.7 Å². The minimum Gasteiger partial charge on any atom is -0.398 e. The van der Waals surface area contributed by atoms with Gasteiger partial charge in [0.15, 0.2) is 0 Å². The summed E-state index contributed by atoms with van der Waals surface area (Å²) in [7, 11) is 0. The molecule has 0 bridgehead atoms. The van der Waals surface area contributed by atoms with Crippen LogP contribution >= 0.6 is 0 Å². The molecule has 3 rings (SSSR count). The molecule has 0 aromatic heterocycles. The van der Waals surface area contributed by atoms with Crippen LogP contribution in [0.2, 0.25) is 0 Å². The van der Waals surface area contributed by atoms with Gasteiger partial charge in [-0.05, 0) is 60.6 Å². The lowest BCUT2D eigenvalue weighted by Crippen LogP contribution is -2.11. The van der Waals surface area contributed by atoms with Gasteiger partial charge in [0.1, 0.15) is 11.6 Å². The Balaban J connectivity index is 1.87. The molecule has 2 aromatic carbocycles. The third-order valence-corrected chi connectivity index (χ3v) is 5.67. The number of halogens is 2. The van der Waals surface area contributed by atoms with Crippen LogP contribution in [0.5, 0.6) is 0 Å². The topological polar surface area (TPSA) is 46.2 Å². The molecule has 1 aliphatic carbocycles. The SMILES string of the molecule is Cc1c(CCCC2CCC2)ccc(/C(=C\CO)c2ccc(F)cc2N)c1F. The Kier molecular flexibility index (Phi) is 6.27. The molecule has 144 valence electrons. The van der Waals surface area contributed by atoms with Crippen LogP contribution in [0.1, 0.15) is 54.4 Å². The maximum Gasteiger partial charge on any atom is 0.134 e. The van der Waals surface area contributed by atoms with Crippen molar-refractivity contribution >= 4 is 11.3 Å². The molecule has 0 atom stereocenters. The molecule has 0 spiro atoms. The van der Waals surface area contributed by atoms with Gasteiger partial charge in [0.05, 0.1) is 6.61 Å². The summed E-state index contributed by atoms with van der Waals surface area (Å²) in [5.74, 6) is 0.104. The number of anilines is 1. The highest BCUT2D eigenvalue weighted by molar-refractivity contribution is 5.86. The van der Waals surface area contributed by atoms with Crippen molar-refractivity contribution in [3.8, 4) is 0 Å².